The summed E-state index contributed by atoms with van der Waals surface area (Å²) in [5.41, 5.74) is 3.25. The van der Waals surface area contributed by atoms with Crippen LogP contribution in [-0.4, -0.2) is 15.9 Å². The Kier molecular flexibility index (Phi) is 8.88. The number of ether oxygens (including phenoxy) is 2. The van der Waals surface area contributed by atoms with Gasteiger partial charge in [0.25, 0.3) is 0 Å². The smallest absolute Gasteiger partial charge is 0.549 e. The minimum Gasteiger partial charge on any atom is -0.549 e. The topological polar surface area (TPSA) is 84.4 Å². The van der Waals surface area contributed by atoms with Gasteiger partial charge in [-0.25, -0.2) is 9.97 Å². The Bertz CT molecular complexity index is 1710. The number of fused-ring (bicyclic) bond motifs is 2. The number of benzene rings is 4. The van der Waals surface area contributed by atoms with Crippen molar-refractivity contribution in [2.75, 3.05) is 0 Å². The van der Waals surface area contributed by atoms with Gasteiger partial charge in [-0.1, -0.05) is 72.8 Å². The van der Waals surface area contributed by atoms with E-state index in [1.54, 1.807) is 55.5 Å². The van der Waals surface area contributed by atoms with Gasteiger partial charge >= 0.3 is 29.6 Å². The maximum absolute atomic E-state index is 12.4. The Balaban J connectivity index is 0.00000353. The van der Waals surface area contributed by atoms with Crippen molar-refractivity contribution in [3.63, 3.8) is 0 Å². The molecule has 0 aliphatic carbocycles. The molecule has 0 bridgehead atoms. The molecule has 0 spiro atoms. The molecule has 42 heavy (non-hydrogen) atoms. The van der Waals surface area contributed by atoms with Crippen molar-refractivity contribution < 1.29 is 48.9 Å². The molecule has 0 atom stereocenters. The first-order chi connectivity index (χ1) is 20.0. The predicted octanol–water partition coefficient (Wildman–Crippen LogP) is 3.00. The van der Waals surface area contributed by atoms with Crippen molar-refractivity contribution in [3.8, 4) is 11.5 Å². The van der Waals surface area contributed by atoms with E-state index in [0.29, 0.717) is 35.8 Å². The van der Waals surface area contributed by atoms with Crippen LogP contribution in [-0.2, 0) is 23.4 Å². The van der Waals surface area contributed by atoms with Crippen molar-refractivity contribution in [2.24, 2.45) is 0 Å². The fourth-order valence-corrected chi connectivity index (χ4v) is 4.86. The van der Waals surface area contributed by atoms with Crippen LogP contribution in [0.5, 0.6) is 11.5 Å². The Morgan fingerprint density at radius 3 is 1.43 bits per heavy atom. The van der Waals surface area contributed by atoms with E-state index in [2.05, 4.69) is 9.97 Å². The molecule has 0 N–H and O–H groups in total. The largest absolute Gasteiger partial charge is 1.00 e. The number of carbonyl (C=O) groups excluding carboxylic acids is 1. The van der Waals surface area contributed by atoms with E-state index in [1.165, 1.54) is 0 Å². The minimum absolute atomic E-state index is 0. The number of carbonyl (C=O) groups is 1. The number of pyridine rings is 2. The van der Waals surface area contributed by atoms with Crippen molar-refractivity contribution in [2.45, 2.75) is 25.6 Å². The van der Waals surface area contributed by atoms with Crippen LogP contribution in [0.1, 0.15) is 29.4 Å². The zero-order chi connectivity index (χ0) is 28.2. The Hall–Kier alpha value is -4.23. The Morgan fingerprint density at radius 2 is 1.02 bits per heavy atom. The summed E-state index contributed by atoms with van der Waals surface area (Å²) in [5.74, 6) is 0.0477. The maximum Gasteiger partial charge on any atom is 1.00 e. The number of carboxylic acids is 1. The maximum atomic E-state index is 12.4. The van der Waals surface area contributed by atoms with E-state index in [4.69, 9.17) is 9.47 Å². The van der Waals surface area contributed by atoms with Gasteiger partial charge in [-0.15, -0.1) is 0 Å². The molecule has 0 radical (unpaired) electrons. The third-order valence-corrected chi connectivity index (χ3v) is 7.36. The SMILES string of the molecule is CC(C(=O)[O-])(c1ccc(OCc2ccc3ccccc3n2)cc1)c1ccc(OCc2ccc3ccccc3n2)cc1.[Na+]. The van der Waals surface area contributed by atoms with Crippen LogP contribution in [0.3, 0.4) is 0 Å². The van der Waals surface area contributed by atoms with E-state index in [-0.39, 0.29) is 29.6 Å². The van der Waals surface area contributed by atoms with Gasteiger partial charge in [0.05, 0.1) is 33.8 Å². The number of hydrogen-bond donors (Lipinski definition) is 0. The molecule has 0 aliphatic rings. The third kappa shape index (κ3) is 6.16. The van der Waals surface area contributed by atoms with Crippen molar-refractivity contribution in [3.05, 3.63) is 144 Å². The van der Waals surface area contributed by atoms with E-state index >= 15 is 0 Å². The first kappa shape index (κ1) is 29.3. The average Bonchev–Trinajstić information content (AvgIpc) is 3.02. The summed E-state index contributed by atoms with van der Waals surface area (Å²) >= 11 is 0. The normalized spacial score (nSPS) is 11.2. The molecular formula is C35H27N2NaO4. The van der Waals surface area contributed by atoms with Gasteiger partial charge in [-0.2, -0.15) is 0 Å². The second-order valence-electron chi connectivity index (χ2n) is 10.0. The van der Waals surface area contributed by atoms with Crippen LogP contribution in [0.25, 0.3) is 21.8 Å². The number of carboxylic acid groups (broad SMARTS) is 1. The number of rotatable bonds is 9. The van der Waals surface area contributed by atoms with Gasteiger partial charge in [-0.3, -0.25) is 0 Å². The average molecular weight is 563 g/mol. The van der Waals surface area contributed by atoms with E-state index in [9.17, 15) is 9.90 Å². The summed E-state index contributed by atoms with van der Waals surface area (Å²) in [7, 11) is 0. The second kappa shape index (κ2) is 12.7. The fourth-order valence-electron chi connectivity index (χ4n) is 4.86. The predicted molar refractivity (Wildman–Crippen MR) is 156 cm³/mol. The molecule has 2 heterocycles. The summed E-state index contributed by atoms with van der Waals surface area (Å²) in [4.78, 5) is 21.7. The summed E-state index contributed by atoms with van der Waals surface area (Å²) in [6.45, 7) is 2.25. The quantitative estimate of drug-likeness (QED) is 0.252. The van der Waals surface area contributed by atoms with Crippen LogP contribution >= 0.6 is 0 Å². The molecule has 0 fully saturated rings. The van der Waals surface area contributed by atoms with E-state index in [1.807, 2.05) is 72.8 Å². The number of aromatic nitrogens is 2. The molecular weight excluding hydrogens is 535 g/mol. The molecule has 202 valence electrons. The Morgan fingerprint density at radius 1 is 0.619 bits per heavy atom. The summed E-state index contributed by atoms with van der Waals surface area (Å²) < 4.78 is 11.9. The zero-order valence-corrected chi connectivity index (χ0v) is 25.5. The molecule has 7 heteroatoms. The molecule has 0 amide bonds. The molecule has 6 rings (SSSR count). The fraction of sp³-hybridized carbons (Fsp3) is 0.114. The first-order valence-corrected chi connectivity index (χ1v) is 13.4. The van der Waals surface area contributed by atoms with Crippen LogP contribution in [0.2, 0.25) is 0 Å². The van der Waals surface area contributed by atoms with Gasteiger partial charge in [0.1, 0.15) is 24.7 Å². The van der Waals surface area contributed by atoms with Crippen molar-refractivity contribution in [1.29, 1.82) is 0 Å². The molecule has 0 saturated heterocycles. The number of nitrogens with zero attached hydrogens (tertiary/aromatic N) is 2. The minimum atomic E-state index is -1.36. The molecule has 0 aliphatic heterocycles. The van der Waals surface area contributed by atoms with E-state index < -0.39 is 11.4 Å². The molecule has 6 aromatic rings. The summed E-state index contributed by atoms with van der Waals surface area (Å²) in [6.07, 6.45) is 0. The van der Waals surface area contributed by atoms with Gasteiger partial charge in [0.15, 0.2) is 0 Å². The van der Waals surface area contributed by atoms with Gasteiger partial charge in [0.2, 0.25) is 0 Å². The van der Waals surface area contributed by atoms with Crippen LogP contribution in [0, 0.1) is 0 Å². The van der Waals surface area contributed by atoms with Crippen LogP contribution < -0.4 is 44.1 Å². The molecule has 0 saturated carbocycles. The zero-order valence-electron chi connectivity index (χ0n) is 23.5. The van der Waals surface area contributed by atoms with Gasteiger partial charge < -0.3 is 19.4 Å². The third-order valence-electron chi connectivity index (χ3n) is 7.36. The van der Waals surface area contributed by atoms with Crippen molar-refractivity contribution >= 4 is 27.8 Å². The number of aliphatic carboxylic acids is 1. The molecule has 4 aromatic carbocycles. The number of hydrogen-bond acceptors (Lipinski definition) is 6. The molecule has 6 nitrogen and oxygen atoms in total. The van der Waals surface area contributed by atoms with Gasteiger partial charge in [-0.05, 0) is 66.6 Å². The first-order valence-electron chi connectivity index (χ1n) is 13.4. The number of para-hydroxylation sites is 2. The van der Waals surface area contributed by atoms with Crippen LogP contribution in [0.15, 0.2) is 121 Å². The molecule has 2 aromatic heterocycles. The molecule has 0 unspecified atom stereocenters. The van der Waals surface area contributed by atoms with Gasteiger partial charge in [0, 0.05) is 10.8 Å². The van der Waals surface area contributed by atoms with E-state index in [0.717, 1.165) is 33.2 Å². The summed E-state index contributed by atoms with van der Waals surface area (Å²) in [5, 5.41) is 14.6. The summed E-state index contributed by atoms with van der Waals surface area (Å²) in [6, 6.07) is 37.9. The monoisotopic (exact) mass is 562 g/mol. The second-order valence-corrected chi connectivity index (χ2v) is 10.0. The van der Waals surface area contributed by atoms with Crippen LogP contribution in [0.4, 0.5) is 0 Å². The standard InChI is InChI=1S/C35H28N2O4.Na/c1-35(34(38)39,26-12-18-30(19-13-26)40-22-28-16-10-24-6-2-4-8-32(24)36-28)27-14-20-31(21-15-27)41-23-29-17-11-25-7-3-5-9-33(25)37-29;/h2-21H,22-23H2,1H3,(H,38,39);/q;+1/p-1. The Labute approximate surface area is 266 Å². The van der Waals surface area contributed by atoms with Crippen molar-refractivity contribution in [1.82, 2.24) is 9.97 Å².